The summed E-state index contributed by atoms with van der Waals surface area (Å²) < 4.78 is 7.03. The van der Waals surface area contributed by atoms with E-state index in [1.54, 1.807) is 42.6 Å². The molecule has 5 nitrogen and oxygen atoms in total. The van der Waals surface area contributed by atoms with Crippen molar-refractivity contribution in [1.29, 1.82) is 0 Å². The van der Waals surface area contributed by atoms with Crippen LogP contribution in [0.1, 0.15) is 17.3 Å². The highest BCUT2D eigenvalue weighted by molar-refractivity contribution is 6.44. The molecule has 0 spiro atoms. The van der Waals surface area contributed by atoms with Gasteiger partial charge in [0.05, 0.1) is 33.7 Å². The molecule has 1 N–H and O–H groups in total. The predicted octanol–water partition coefficient (Wildman–Crippen LogP) is 4.59. The summed E-state index contributed by atoms with van der Waals surface area (Å²) in [4.78, 5) is 25.6. The molecule has 3 aromatic rings. The number of nitrogens with zero attached hydrogens (tertiary/aromatic N) is 1. The van der Waals surface area contributed by atoms with Crippen molar-refractivity contribution >= 4 is 45.7 Å². The van der Waals surface area contributed by atoms with Crippen molar-refractivity contribution < 1.29 is 9.53 Å². The van der Waals surface area contributed by atoms with Crippen LogP contribution in [-0.4, -0.2) is 17.6 Å². The molecule has 0 aliphatic heterocycles. The van der Waals surface area contributed by atoms with Crippen molar-refractivity contribution in [1.82, 2.24) is 4.57 Å². The number of rotatable bonds is 4. The number of hydrogen-bond donors (Lipinski definition) is 1. The largest absolute Gasteiger partial charge is 0.497 e. The van der Waals surface area contributed by atoms with Gasteiger partial charge in [0, 0.05) is 12.7 Å². The average Bonchev–Trinajstić information content (AvgIpc) is 2.65. The molecule has 0 aliphatic rings. The maximum atomic E-state index is 12.9. The van der Waals surface area contributed by atoms with E-state index in [-0.39, 0.29) is 16.0 Å². The quantitative estimate of drug-likeness (QED) is 0.708. The SMILES string of the molecule is CCn1cc(C(=O)Nc2cccc(Cl)c2Cl)c(=O)c2cc(OC)ccc21. The Balaban J connectivity index is 2.12. The van der Waals surface area contributed by atoms with Gasteiger partial charge in [0.25, 0.3) is 5.91 Å². The van der Waals surface area contributed by atoms with Gasteiger partial charge >= 0.3 is 0 Å². The number of halogens is 2. The van der Waals surface area contributed by atoms with Gasteiger partial charge in [0.15, 0.2) is 0 Å². The highest BCUT2D eigenvalue weighted by Gasteiger charge is 2.17. The lowest BCUT2D eigenvalue weighted by molar-refractivity contribution is 0.102. The minimum atomic E-state index is -0.550. The van der Waals surface area contributed by atoms with E-state index in [1.165, 1.54) is 7.11 Å². The summed E-state index contributed by atoms with van der Waals surface area (Å²) in [6, 6.07) is 10.1. The van der Waals surface area contributed by atoms with Crippen molar-refractivity contribution in [3.05, 3.63) is 68.4 Å². The van der Waals surface area contributed by atoms with Gasteiger partial charge in [-0.05, 0) is 37.3 Å². The monoisotopic (exact) mass is 390 g/mol. The zero-order valence-corrected chi connectivity index (χ0v) is 15.7. The lowest BCUT2D eigenvalue weighted by atomic mass is 10.1. The lowest BCUT2D eigenvalue weighted by Gasteiger charge is -2.13. The minimum absolute atomic E-state index is 0.0173. The van der Waals surface area contributed by atoms with E-state index in [9.17, 15) is 9.59 Å². The highest BCUT2D eigenvalue weighted by Crippen LogP contribution is 2.29. The normalized spacial score (nSPS) is 10.8. The Labute approximate surface area is 160 Å². The smallest absolute Gasteiger partial charge is 0.261 e. The van der Waals surface area contributed by atoms with Crippen LogP contribution in [0.3, 0.4) is 0 Å². The number of aryl methyl sites for hydroxylation is 1. The minimum Gasteiger partial charge on any atom is -0.497 e. The first-order valence-electron chi connectivity index (χ1n) is 7.92. The number of methoxy groups -OCH3 is 1. The van der Waals surface area contributed by atoms with Crippen molar-refractivity contribution in [2.45, 2.75) is 13.5 Å². The van der Waals surface area contributed by atoms with Gasteiger partial charge < -0.3 is 14.6 Å². The molecular weight excluding hydrogens is 375 g/mol. The second-order valence-electron chi connectivity index (χ2n) is 5.60. The number of carbonyl (C=O) groups is 1. The summed E-state index contributed by atoms with van der Waals surface area (Å²) in [5.41, 5.74) is 0.718. The molecule has 7 heteroatoms. The topological polar surface area (TPSA) is 60.3 Å². The Morgan fingerprint density at radius 2 is 2.00 bits per heavy atom. The van der Waals surface area contributed by atoms with E-state index in [2.05, 4.69) is 5.32 Å². The molecule has 1 aromatic heterocycles. The molecule has 1 amide bonds. The number of anilines is 1. The summed E-state index contributed by atoms with van der Waals surface area (Å²) in [7, 11) is 1.53. The van der Waals surface area contributed by atoms with E-state index in [1.807, 2.05) is 11.5 Å². The van der Waals surface area contributed by atoms with Crippen LogP contribution in [0, 0.1) is 0 Å². The molecule has 2 aromatic carbocycles. The van der Waals surface area contributed by atoms with Crippen LogP contribution in [0.25, 0.3) is 10.9 Å². The summed E-state index contributed by atoms with van der Waals surface area (Å²) in [5.74, 6) is -0.00113. The van der Waals surface area contributed by atoms with Gasteiger partial charge in [-0.1, -0.05) is 29.3 Å². The number of ether oxygens (including phenoxy) is 1. The second-order valence-corrected chi connectivity index (χ2v) is 6.38. The van der Waals surface area contributed by atoms with E-state index in [0.717, 1.165) is 5.52 Å². The van der Waals surface area contributed by atoms with Crippen LogP contribution in [0.2, 0.25) is 10.0 Å². The zero-order chi connectivity index (χ0) is 18.8. The van der Waals surface area contributed by atoms with Crippen LogP contribution in [0.4, 0.5) is 5.69 Å². The van der Waals surface area contributed by atoms with E-state index < -0.39 is 5.91 Å². The Morgan fingerprint density at radius 1 is 1.23 bits per heavy atom. The number of pyridine rings is 1. The maximum Gasteiger partial charge on any atom is 0.261 e. The lowest BCUT2D eigenvalue weighted by Crippen LogP contribution is -2.24. The first-order chi connectivity index (χ1) is 12.5. The number of aromatic nitrogens is 1. The van der Waals surface area contributed by atoms with Crippen LogP contribution in [0.5, 0.6) is 5.75 Å². The maximum absolute atomic E-state index is 12.9. The Morgan fingerprint density at radius 3 is 2.69 bits per heavy atom. The first-order valence-corrected chi connectivity index (χ1v) is 8.68. The van der Waals surface area contributed by atoms with E-state index in [4.69, 9.17) is 27.9 Å². The molecule has 0 unspecified atom stereocenters. The third kappa shape index (κ3) is 3.28. The number of carbonyl (C=O) groups excluding carboxylic acids is 1. The molecule has 0 bridgehead atoms. The van der Waals surface area contributed by atoms with Crippen LogP contribution in [0.15, 0.2) is 47.4 Å². The molecule has 134 valence electrons. The third-order valence-electron chi connectivity index (χ3n) is 4.07. The fourth-order valence-electron chi connectivity index (χ4n) is 2.72. The van der Waals surface area contributed by atoms with Crippen molar-refractivity contribution in [2.24, 2.45) is 0 Å². The molecule has 3 rings (SSSR count). The first kappa shape index (κ1) is 18.3. The standard InChI is InChI=1S/C19H16Cl2N2O3/c1-3-23-10-13(18(24)12-9-11(26-2)7-8-16(12)23)19(25)22-15-6-4-5-14(20)17(15)21/h4-10H,3H2,1-2H3,(H,22,25). The van der Waals surface area contributed by atoms with Crippen molar-refractivity contribution in [2.75, 3.05) is 12.4 Å². The average molecular weight is 391 g/mol. The molecule has 0 aliphatic carbocycles. The molecule has 0 radical (unpaired) electrons. The number of benzene rings is 2. The summed E-state index contributed by atoms with van der Waals surface area (Å²) in [6.45, 7) is 2.53. The molecule has 0 saturated carbocycles. The number of nitrogens with one attached hydrogen (secondary N) is 1. The van der Waals surface area contributed by atoms with Crippen molar-refractivity contribution in [3.8, 4) is 5.75 Å². The van der Waals surface area contributed by atoms with Gasteiger partial charge in [-0.3, -0.25) is 9.59 Å². The Bertz CT molecular complexity index is 1060. The molecule has 1 heterocycles. The van der Waals surface area contributed by atoms with Crippen LogP contribution < -0.4 is 15.5 Å². The summed E-state index contributed by atoms with van der Waals surface area (Å²) in [5, 5.41) is 3.61. The van der Waals surface area contributed by atoms with E-state index >= 15 is 0 Å². The number of amides is 1. The zero-order valence-electron chi connectivity index (χ0n) is 14.2. The summed E-state index contributed by atoms with van der Waals surface area (Å²) >= 11 is 12.1. The van der Waals surface area contributed by atoms with Gasteiger partial charge in [-0.2, -0.15) is 0 Å². The fourth-order valence-corrected chi connectivity index (χ4v) is 3.06. The second kappa shape index (κ2) is 7.40. The number of fused-ring (bicyclic) bond motifs is 1. The number of hydrogen-bond acceptors (Lipinski definition) is 3. The Kier molecular flexibility index (Phi) is 5.20. The Hall–Kier alpha value is -2.50. The molecule has 26 heavy (non-hydrogen) atoms. The van der Waals surface area contributed by atoms with Gasteiger partial charge in [0.1, 0.15) is 11.3 Å². The molecule has 0 atom stereocenters. The fraction of sp³-hybridized carbons (Fsp3) is 0.158. The van der Waals surface area contributed by atoms with Crippen molar-refractivity contribution in [3.63, 3.8) is 0 Å². The van der Waals surface area contributed by atoms with E-state index in [0.29, 0.717) is 28.4 Å². The summed E-state index contributed by atoms with van der Waals surface area (Å²) in [6.07, 6.45) is 1.55. The third-order valence-corrected chi connectivity index (χ3v) is 4.89. The molecule has 0 saturated heterocycles. The van der Waals surface area contributed by atoms with Gasteiger partial charge in [-0.25, -0.2) is 0 Å². The molecular formula is C19H16Cl2N2O3. The highest BCUT2D eigenvalue weighted by atomic mass is 35.5. The van der Waals surface area contributed by atoms with Crippen LogP contribution >= 0.6 is 23.2 Å². The van der Waals surface area contributed by atoms with Gasteiger partial charge in [0.2, 0.25) is 5.43 Å². The molecule has 0 fully saturated rings. The van der Waals surface area contributed by atoms with Gasteiger partial charge in [-0.15, -0.1) is 0 Å². The predicted molar refractivity (Wildman–Crippen MR) is 105 cm³/mol. The van der Waals surface area contributed by atoms with Crippen LogP contribution in [-0.2, 0) is 6.54 Å².